The minimum absolute atomic E-state index is 0.207. The van der Waals surface area contributed by atoms with Crippen molar-refractivity contribution in [3.8, 4) is 11.3 Å². The van der Waals surface area contributed by atoms with Gasteiger partial charge < -0.3 is 9.52 Å². The normalized spacial score (nSPS) is 10.9. The number of aliphatic carboxylic acids is 1. The predicted molar refractivity (Wildman–Crippen MR) is 82.1 cm³/mol. The summed E-state index contributed by atoms with van der Waals surface area (Å²) >= 11 is 7.40. The zero-order valence-corrected chi connectivity index (χ0v) is 12.2. The molecule has 4 nitrogen and oxygen atoms in total. The smallest absolute Gasteiger partial charge is 0.307 e. The van der Waals surface area contributed by atoms with Crippen LogP contribution in [0.5, 0.6) is 0 Å². The van der Waals surface area contributed by atoms with Crippen LogP contribution in [0, 0.1) is 0 Å². The second kappa shape index (κ2) is 5.35. The zero-order chi connectivity index (χ0) is 15.0. The summed E-state index contributed by atoms with van der Waals surface area (Å²) in [6, 6.07) is 8.04. The molecule has 106 valence electrons. The Balaban J connectivity index is 2.29. The van der Waals surface area contributed by atoms with E-state index in [4.69, 9.17) is 21.1 Å². The lowest BCUT2D eigenvalue weighted by atomic mass is 10.1. The number of fused-ring (bicyclic) bond motifs is 1. The van der Waals surface area contributed by atoms with Crippen LogP contribution in [-0.4, -0.2) is 11.1 Å². The molecule has 0 unspecified atom stereocenters. The number of benzene rings is 1. The van der Waals surface area contributed by atoms with Crippen LogP contribution >= 0.6 is 22.9 Å². The van der Waals surface area contributed by atoms with Crippen LogP contribution in [-0.2, 0) is 11.2 Å². The first-order valence-corrected chi connectivity index (χ1v) is 7.33. The Labute approximate surface area is 128 Å². The number of para-hydroxylation sites is 1. The largest absolute Gasteiger partial charge is 0.481 e. The Bertz CT molecular complexity index is 894. The van der Waals surface area contributed by atoms with Crippen LogP contribution in [0.15, 0.2) is 44.9 Å². The molecule has 0 atom stereocenters. The van der Waals surface area contributed by atoms with E-state index in [1.807, 2.05) is 0 Å². The number of hydrogen-bond donors (Lipinski definition) is 1. The molecule has 0 amide bonds. The molecule has 21 heavy (non-hydrogen) atoms. The lowest BCUT2D eigenvalue weighted by molar-refractivity contribution is -0.136. The molecule has 0 fully saturated rings. The van der Waals surface area contributed by atoms with E-state index in [1.54, 1.807) is 29.6 Å². The SMILES string of the molecule is O=C(O)Cc1cccc2c(=O)cc(-c3ccsc3Cl)oc12. The minimum Gasteiger partial charge on any atom is -0.481 e. The van der Waals surface area contributed by atoms with Gasteiger partial charge in [0.25, 0.3) is 0 Å². The molecule has 2 aromatic heterocycles. The van der Waals surface area contributed by atoms with Crippen molar-refractivity contribution in [2.75, 3.05) is 0 Å². The van der Waals surface area contributed by atoms with Gasteiger partial charge in [-0.25, -0.2) is 0 Å². The van der Waals surface area contributed by atoms with E-state index >= 15 is 0 Å². The molecule has 0 saturated heterocycles. The average Bonchev–Trinajstić information content (AvgIpc) is 2.85. The standard InChI is InChI=1S/C15H9ClO4S/c16-15-10(4-5-21-15)12-7-11(17)9-3-1-2-8(6-13(18)19)14(9)20-12/h1-5,7H,6H2,(H,18,19). The molecule has 0 aliphatic heterocycles. The van der Waals surface area contributed by atoms with Crippen LogP contribution in [0.25, 0.3) is 22.3 Å². The lowest BCUT2D eigenvalue weighted by Gasteiger charge is -2.05. The fourth-order valence-corrected chi connectivity index (χ4v) is 3.07. The van der Waals surface area contributed by atoms with Gasteiger partial charge in [-0.15, -0.1) is 11.3 Å². The fraction of sp³-hybridized carbons (Fsp3) is 0.0667. The van der Waals surface area contributed by atoms with Crippen LogP contribution in [0.3, 0.4) is 0 Å². The van der Waals surface area contributed by atoms with E-state index in [0.717, 1.165) is 0 Å². The summed E-state index contributed by atoms with van der Waals surface area (Å²) < 4.78 is 6.28. The third kappa shape index (κ3) is 2.57. The van der Waals surface area contributed by atoms with Gasteiger partial charge in [-0.1, -0.05) is 23.7 Å². The molecule has 1 N–H and O–H groups in total. The van der Waals surface area contributed by atoms with Crippen LogP contribution < -0.4 is 5.43 Å². The van der Waals surface area contributed by atoms with Crippen molar-refractivity contribution in [3.63, 3.8) is 0 Å². The van der Waals surface area contributed by atoms with E-state index in [-0.39, 0.29) is 11.8 Å². The third-order valence-corrected chi connectivity index (χ3v) is 4.23. The Hall–Kier alpha value is -2.11. The first-order valence-electron chi connectivity index (χ1n) is 6.07. The van der Waals surface area contributed by atoms with Crippen LogP contribution in [0.1, 0.15) is 5.56 Å². The molecule has 0 radical (unpaired) electrons. The number of carbonyl (C=O) groups is 1. The summed E-state index contributed by atoms with van der Waals surface area (Å²) in [6.45, 7) is 0. The van der Waals surface area contributed by atoms with E-state index in [2.05, 4.69) is 0 Å². The van der Waals surface area contributed by atoms with Gasteiger partial charge >= 0.3 is 5.97 Å². The van der Waals surface area contributed by atoms with Crippen molar-refractivity contribution >= 4 is 39.9 Å². The Kier molecular flexibility index (Phi) is 3.53. The second-order valence-corrected chi connectivity index (χ2v) is 5.97. The van der Waals surface area contributed by atoms with Crippen molar-refractivity contribution in [3.05, 3.63) is 55.8 Å². The summed E-state index contributed by atoms with van der Waals surface area (Å²) in [5.74, 6) is -0.638. The topological polar surface area (TPSA) is 67.5 Å². The summed E-state index contributed by atoms with van der Waals surface area (Å²) in [7, 11) is 0. The number of hydrogen-bond acceptors (Lipinski definition) is 4. The molecule has 2 heterocycles. The fourth-order valence-electron chi connectivity index (χ4n) is 2.14. The number of thiophene rings is 1. The molecular weight excluding hydrogens is 312 g/mol. The summed E-state index contributed by atoms with van der Waals surface area (Å²) in [4.78, 5) is 23.1. The lowest BCUT2D eigenvalue weighted by Crippen LogP contribution is -2.05. The highest BCUT2D eigenvalue weighted by molar-refractivity contribution is 7.15. The Morgan fingerprint density at radius 3 is 2.81 bits per heavy atom. The summed E-state index contributed by atoms with van der Waals surface area (Å²) in [6.07, 6.45) is -0.207. The second-order valence-electron chi connectivity index (χ2n) is 4.45. The molecule has 3 rings (SSSR count). The maximum absolute atomic E-state index is 12.2. The molecule has 0 bridgehead atoms. The van der Waals surface area contributed by atoms with Gasteiger partial charge in [0, 0.05) is 17.2 Å². The quantitative estimate of drug-likeness (QED) is 0.797. The van der Waals surface area contributed by atoms with Crippen molar-refractivity contribution in [2.24, 2.45) is 0 Å². The first-order chi connectivity index (χ1) is 10.1. The number of halogens is 1. The van der Waals surface area contributed by atoms with Crippen LogP contribution in [0.4, 0.5) is 0 Å². The van der Waals surface area contributed by atoms with Crippen molar-refractivity contribution in [2.45, 2.75) is 6.42 Å². The highest BCUT2D eigenvalue weighted by atomic mass is 35.5. The number of rotatable bonds is 3. The highest BCUT2D eigenvalue weighted by Crippen LogP contribution is 2.33. The highest BCUT2D eigenvalue weighted by Gasteiger charge is 2.14. The first kappa shape index (κ1) is 13.9. The van der Waals surface area contributed by atoms with Gasteiger partial charge in [0.15, 0.2) is 5.43 Å². The van der Waals surface area contributed by atoms with E-state index in [9.17, 15) is 9.59 Å². The molecule has 3 aromatic rings. The monoisotopic (exact) mass is 320 g/mol. The number of carboxylic acids is 1. The van der Waals surface area contributed by atoms with E-state index in [0.29, 0.717) is 32.2 Å². The molecule has 6 heteroatoms. The Morgan fingerprint density at radius 1 is 1.33 bits per heavy atom. The predicted octanol–water partition coefficient (Wildman–Crippen LogP) is 3.80. The maximum Gasteiger partial charge on any atom is 0.307 e. The molecule has 0 aliphatic carbocycles. The van der Waals surface area contributed by atoms with Gasteiger partial charge in [-0.2, -0.15) is 0 Å². The van der Waals surface area contributed by atoms with Crippen molar-refractivity contribution in [1.29, 1.82) is 0 Å². The van der Waals surface area contributed by atoms with Gasteiger partial charge in [0.2, 0.25) is 0 Å². The Morgan fingerprint density at radius 2 is 2.14 bits per heavy atom. The molecule has 1 aromatic carbocycles. The average molecular weight is 321 g/mol. The molecular formula is C15H9ClO4S. The molecule has 0 saturated carbocycles. The van der Waals surface area contributed by atoms with Crippen LogP contribution in [0.2, 0.25) is 4.34 Å². The van der Waals surface area contributed by atoms with E-state index < -0.39 is 5.97 Å². The molecule has 0 aliphatic rings. The van der Waals surface area contributed by atoms with E-state index in [1.165, 1.54) is 17.4 Å². The zero-order valence-electron chi connectivity index (χ0n) is 10.6. The third-order valence-electron chi connectivity index (χ3n) is 3.06. The molecule has 0 spiro atoms. The van der Waals surface area contributed by atoms with Gasteiger partial charge in [-0.3, -0.25) is 9.59 Å². The van der Waals surface area contributed by atoms with Gasteiger partial charge in [0.1, 0.15) is 15.7 Å². The minimum atomic E-state index is -0.982. The summed E-state index contributed by atoms with van der Waals surface area (Å²) in [5, 5.41) is 11.1. The van der Waals surface area contributed by atoms with Gasteiger partial charge in [0.05, 0.1) is 11.8 Å². The maximum atomic E-state index is 12.2. The number of carboxylic acid groups (broad SMARTS) is 1. The van der Waals surface area contributed by atoms with Crippen molar-refractivity contribution < 1.29 is 14.3 Å². The summed E-state index contributed by atoms with van der Waals surface area (Å²) in [5.41, 5.74) is 1.17. The van der Waals surface area contributed by atoms with Gasteiger partial charge in [-0.05, 0) is 17.5 Å². The van der Waals surface area contributed by atoms with Crippen molar-refractivity contribution in [1.82, 2.24) is 0 Å².